The minimum Gasteiger partial charge on any atom is -0.446 e. The van der Waals surface area contributed by atoms with Crippen LogP contribution in [0.4, 0.5) is 0 Å². The normalized spacial score (nSPS) is 10.4. The molecule has 0 radical (unpaired) electrons. The van der Waals surface area contributed by atoms with Gasteiger partial charge in [-0.05, 0) is 36.7 Å². The number of guanidine groups is 1. The lowest BCUT2D eigenvalue weighted by Gasteiger charge is -2.07. The molecule has 0 amide bonds. The van der Waals surface area contributed by atoms with E-state index in [9.17, 15) is 4.79 Å². The van der Waals surface area contributed by atoms with E-state index in [4.69, 9.17) is 15.9 Å². The summed E-state index contributed by atoms with van der Waals surface area (Å²) < 4.78 is 6.64. The third-order valence-corrected chi connectivity index (χ3v) is 3.70. The smallest absolute Gasteiger partial charge is 0.355 e. The van der Waals surface area contributed by atoms with Crippen molar-refractivity contribution in [2.75, 3.05) is 13.1 Å². The fourth-order valence-corrected chi connectivity index (χ4v) is 2.44. The molecule has 1 aromatic carbocycles. The Kier molecular flexibility index (Phi) is 8.23. The van der Waals surface area contributed by atoms with Crippen LogP contribution in [0.15, 0.2) is 57.0 Å². The van der Waals surface area contributed by atoms with Gasteiger partial charge in [-0.25, -0.2) is 4.79 Å². The van der Waals surface area contributed by atoms with Crippen molar-refractivity contribution in [1.29, 1.82) is 0 Å². The monoisotopic (exact) mass is 384 g/mol. The highest BCUT2D eigenvalue weighted by Crippen LogP contribution is 2.13. The minimum atomic E-state index is -0.368. The Bertz CT molecular complexity index is 939. The molecule has 0 spiro atoms. The van der Waals surface area contributed by atoms with Gasteiger partial charge in [0.25, 0.3) is 0 Å². The number of hydrogen-bond acceptors (Lipinski definition) is 5. The highest BCUT2D eigenvalue weighted by Gasteiger charge is 2.06. The first-order valence-electron chi connectivity index (χ1n) is 9.37. The molecule has 0 saturated carbocycles. The lowest BCUT2D eigenvalue weighted by Crippen LogP contribution is -2.23. The molecule has 0 aliphatic rings. The molecule has 0 saturated heterocycles. The number of aromatic nitrogens is 2. The number of benzene rings is 1. The molecular formula is C20H28N6O2. The zero-order chi connectivity index (χ0) is 20.4. The molecule has 8 nitrogen and oxygen atoms in total. The molecule has 0 unspecified atom stereocenters. The fourth-order valence-electron chi connectivity index (χ4n) is 2.44. The molecule has 150 valence electrons. The summed E-state index contributed by atoms with van der Waals surface area (Å²) in [4.78, 5) is 19.9. The summed E-state index contributed by atoms with van der Waals surface area (Å²) in [6.07, 6.45) is 5.36. The quantitative estimate of drug-likeness (QED) is 0.326. The Morgan fingerprint density at radius 3 is 2.61 bits per heavy atom. The third kappa shape index (κ3) is 6.24. The average Bonchev–Trinajstić information content (AvgIpc) is 3.12. The van der Waals surface area contributed by atoms with Crippen LogP contribution in [0.3, 0.4) is 0 Å². The van der Waals surface area contributed by atoms with Crippen LogP contribution in [0, 0.1) is 0 Å². The van der Waals surface area contributed by atoms with Crippen molar-refractivity contribution in [2.24, 2.45) is 16.5 Å². The molecule has 0 aliphatic carbocycles. The van der Waals surface area contributed by atoms with Crippen LogP contribution in [0.1, 0.15) is 32.3 Å². The van der Waals surface area contributed by atoms with E-state index in [2.05, 4.69) is 29.1 Å². The second-order valence-electron chi connectivity index (χ2n) is 6.29. The van der Waals surface area contributed by atoms with Gasteiger partial charge in [-0.2, -0.15) is 4.98 Å². The van der Waals surface area contributed by atoms with E-state index in [-0.39, 0.29) is 11.6 Å². The van der Waals surface area contributed by atoms with Gasteiger partial charge in [0, 0.05) is 19.3 Å². The molecule has 2 heterocycles. The predicted octanol–water partition coefficient (Wildman–Crippen LogP) is 2.15. The van der Waals surface area contributed by atoms with E-state index in [0.717, 1.165) is 36.1 Å². The van der Waals surface area contributed by atoms with Crippen LogP contribution in [0.2, 0.25) is 0 Å². The van der Waals surface area contributed by atoms with Crippen molar-refractivity contribution in [3.63, 3.8) is 0 Å². The van der Waals surface area contributed by atoms with Crippen LogP contribution in [0.25, 0.3) is 16.8 Å². The molecule has 5 N–H and O–H groups in total. The van der Waals surface area contributed by atoms with Crippen molar-refractivity contribution in [1.82, 2.24) is 14.9 Å². The van der Waals surface area contributed by atoms with Gasteiger partial charge in [0.2, 0.25) is 5.71 Å². The second kappa shape index (κ2) is 10.9. The summed E-state index contributed by atoms with van der Waals surface area (Å²) in [6, 6.07) is 9.52. The van der Waals surface area contributed by atoms with Gasteiger partial charge in [-0.15, -0.1) is 0 Å². The van der Waals surface area contributed by atoms with Crippen LogP contribution < -0.4 is 22.5 Å². The molecule has 8 heteroatoms. The zero-order valence-electron chi connectivity index (χ0n) is 16.4. The lowest BCUT2D eigenvalue weighted by atomic mass is 10.2. The predicted molar refractivity (Wildman–Crippen MR) is 113 cm³/mol. The topological polar surface area (TPSA) is 124 Å². The molecule has 3 aromatic rings. The molecular weight excluding hydrogens is 356 g/mol. The van der Waals surface area contributed by atoms with E-state index in [1.165, 1.54) is 17.3 Å². The van der Waals surface area contributed by atoms with E-state index < -0.39 is 0 Å². The SMILES string of the molecule is CCC.NC(N)=NCCCNCc1ccc(-n2cc3ccoc3nc2=O)cc1. The number of aliphatic imine (C=N–C) groups is 1. The first kappa shape index (κ1) is 21.2. The molecule has 3 rings (SSSR count). The number of nitrogens with two attached hydrogens (primary N) is 2. The maximum absolute atomic E-state index is 12.1. The summed E-state index contributed by atoms with van der Waals surface area (Å²) in [5.41, 5.74) is 12.4. The number of nitrogens with one attached hydrogen (secondary N) is 1. The summed E-state index contributed by atoms with van der Waals surface area (Å²) in [5, 5.41) is 4.11. The maximum Gasteiger partial charge on any atom is 0.355 e. The van der Waals surface area contributed by atoms with Gasteiger partial charge in [0.1, 0.15) is 0 Å². The van der Waals surface area contributed by atoms with E-state index in [1.807, 2.05) is 24.3 Å². The lowest BCUT2D eigenvalue weighted by molar-refractivity contribution is 0.599. The molecule has 2 aromatic heterocycles. The van der Waals surface area contributed by atoms with Gasteiger partial charge >= 0.3 is 5.69 Å². The van der Waals surface area contributed by atoms with Crippen molar-refractivity contribution in [3.8, 4) is 5.69 Å². The number of fused-ring (bicyclic) bond motifs is 1. The van der Waals surface area contributed by atoms with Crippen molar-refractivity contribution < 1.29 is 4.42 Å². The van der Waals surface area contributed by atoms with Crippen molar-refractivity contribution in [3.05, 3.63) is 58.8 Å². The molecule has 0 aliphatic heterocycles. The van der Waals surface area contributed by atoms with E-state index in [1.54, 1.807) is 12.3 Å². The van der Waals surface area contributed by atoms with Crippen molar-refractivity contribution in [2.45, 2.75) is 33.2 Å². The van der Waals surface area contributed by atoms with Gasteiger partial charge in [-0.1, -0.05) is 32.4 Å². The summed E-state index contributed by atoms with van der Waals surface area (Å²) >= 11 is 0. The molecule has 0 bridgehead atoms. The van der Waals surface area contributed by atoms with E-state index >= 15 is 0 Å². The van der Waals surface area contributed by atoms with Crippen LogP contribution in [0.5, 0.6) is 0 Å². The summed E-state index contributed by atoms with van der Waals surface area (Å²) in [6.45, 7) is 6.41. The Morgan fingerprint density at radius 2 is 1.93 bits per heavy atom. The van der Waals surface area contributed by atoms with Crippen molar-refractivity contribution >= 4 is 17.1 Å². The van der Waals surface area contributed by atoms with Gasteiger partial charge in [-0.3, -0.25) is 9.56 Å². The Hall–Kier alpha value is -3.13. The summed E-state index contributed by atoms with van der Waals surface area (Å²) in [7, 11) is 0. The highest BCUT2D eigenvalue weighted by atomic mass is 16.3. The molecule has 0 atom stereocenters. The summed E-state index contributed by atoms with van der Waals surface area (Å²) in [5.74, 6) is 0.119. The minimum absolute atomic E-state index is 0.119. The second-order valence-corrected chi connectivity index (χ2v) is 6.29. The largest absolute Gasteiger partial charge is 0.446 e. The highest BCUT2D eigenvalue weighted by molar-refractivity contribution is 5.75. The molecule has 28 heavy (non-hydrogen) atoms. The number of furan rings is 1. The zero-order valence-corrected chi connectivity index (χ0v) is 16.4. The standard InChI is InChI=1S/C17H20N6O2.C3H8/c18-16(19)21-8-1-7-20-10-12-2-4-14(5-3-12)23-11-13-6-9-25-15(13)22-17(23)24;1-3-2/h2-6,9,11,20H,1,7-8,10H2,(H4,18,19,21);3H2,1-2H3. The van der Waals surface area contributed by atoms with Crippen LogP contribution >= 0.6 is 0 Å². The molecule has 0 fully saturated rings. The Morgan fingerprint density at radius 1 is 1.21 bits per heavy atom. The first-order valence-corrected chi connectivity index (χ1v) is 9.37. The number of rotatable bonds is 7. The van der Waals surface area contributed by atoms with E-state index in [0.29, 0.717) is 12.3 Å². The number of hydrogen-bond donors (Lipinski definition) is 3. The third-order valence-electron chi connectivity index (χ3n) is 3.70. The van der Waals surface area contributed by atoms with Crippen LogP contribution in [-0.2, 0) is 6.54 Å². The van der Waals surface area contributed by atoms with Gasteiger partial charge < -0.3 is 21.2 Å². The fraction of sp³-hybridized carbons (Fsp3) is 0.350. The first-order chi connectivity index (χ1) is 13.5. The van der Waals surface area contributed by atoms with Gasteiger partial charge in [0.15, 0.2) is 5.96 Å². The number of nitrogens with zero attached hydrogens (tertiary/aromatic N) is 3. The Labute approximate surface area is 164 Å². The Balaban J connectivity index is 0.000000878. The van der Waals surface area contributed by atoms with Crippen LogP contribution in [-0.4, -0.2) is 28.6 Å². The van der Waals surface area contributed by atoms with Gasteiger partial charge in [0.05, 0.1) is 17.3 Å². The average molecular weight is 384 g/mol. The maximum atomic E-state index is 12.1.